The maximum Gasteiger partial charge on any atom is 0.0886 e. The summed E-state index contributed by atoms with van der Waals surface area (Å²) in [5.41, 5.74) is 0. The Kier molecular flexibility index (Phi) is 2.24. The van der Waals surface area contributed by atoms with Gasteiger partial charge in [0.1, 0.15) is 0 Å². The van der Waals surface area contributed by atoms with Crippen LogP contribution >= 0.6 is 0 Å². The zero-order valence-electron chi connectivity index (χ0n) is 8.86. The normalized spacial score (nSPS) is 31.0. The largest absolute Gasteiger partial charge is 1.00 e. The number of likely N-dealkylation sites (tertiary alicyclic amines) is 1. The Morgan fingerprint density at radius 1 is 1.22 bits per heavy atom. The van der Waals surface area contributed by atoms with Crippen molar-refractivity contribution in [3.05, 3.63) is 0 Å². The molecule has 1 rings (SSSR count). The van der Waals surface area contributed by atoms with Gasteiger partial charge in [0.15, 0.2) is 0 Å². The second-order valence-corrected chi connectivity index (χ2v) is 2.90. The molecular weight excluding hydrogens is 226 g/mol. The Bertz CT molecular complexity index is 140. The van der Waals surface area contributed by atoms with Crippen molar-refractivity contribution in [1.29, 1.82) is 0 Å². The predicted molar refractivity (Wildman–Crippen MR) is 35.7 cm³/mol. The lowest BCUT2D eigenvalue weighted by Crippen LogP contribution is -3.00. The first kappa shape index (κ1) is 5.35. The van der Waals surface area contributed by atoms with E-state index in [0.29, 0.717) is 0 Å². The van der Waals surface area contributed by atoms with Crippen LogP contribution in [0.5, 0.6) is 0 Å². The summed E-state index contributed by atoms with van der Waals surface area (Å²) in [6, 6.07) is 0. The summed E-state index contributed by atoms with van der Waals surface area (Å²) in [4.78, 5) is 0. The van der Waals surface area contributed by atoms with E-state index in [-0.39, 0.29) is 28.5 Å². The van der Waals surface area contributed by atoms with Gasteiger partial charge in [0.2, 0.25) is 0 Å². The van der Waals surface area contributed by atoms with Gasteiger partial charge in [-0.05, 0) is 19.3 Å². The zero-order chi connectivity index (χ0) is 8.54. The van der Waals surface area contributed by atoms with E-state index < -0.39 is 6.98 Å². The van der Waals surface area contributed by atoms with E-state index in [9.17, 15) is 0 Å². The van der Waals surface area contributed by atoms with Crippen LogP contribution < -0.4 is 24.0 Å². The van der Waals surface area contributed by atoms with E-state index in [1.54, 1.807) is 0 Å². The molecule has 2 heteroatoms. The third kappa shape index (κ3) is 3.40. The third-order valence-electron chi connectivity index (χ3n) is 1.80. The summed E-state index contributed by atoms with van der Waals surface area (Å²) >= 11 is 0. The molecule has 0 radical (unpaired) electrons. The lowest BCUT2D eigenvalue weighted by molar-refractivity contribution is -0.894. The molecule has 1 fully saturated rings. The number of quaternary nitrogens is 1. The average Bonchev–Trinajstić information content (AvgIpc) is 1.87. The van der Waals surface area contributed by atoms with Crippen LogP contribution in [0.15, 0.2) is 0 Å². The van der Waals surface area contributed by atoms with Gasteiger partial charge in [0, 0.05) is 0 Å². The summed E-state index contributed by atoms with van der Waals surface area (Å²) in [5, 5.41) is 0. The summed E-state index contributed by atoms with van der Waals surface area (Å²) in [5.74, 6) is 0. The van der Waals surface area contributed by atoms with Crippen molar-refractivity contribution in [3.63, 3.8) is 0 Å². The second-order valence-electron chi connectivity index (χ2n) is 2.90. The van der Waals surface area contributed by atoms with Crippen LogP contribution in [-0.4, -0.2) is 31.6 Å². The van der Waals surface area contributed by atoms with Gasteiger partial charge in [0.05, 0.1) is 31.2 Å². The molecule has 1 heterocycles. The first-order chi connectivity index (χ1) is 4.96. The summed E-state index contributed by atoms with van der Waals surface area (Å²) in [7, 11) is 1.84. The predicted octanol–water partition coefficient (Wildman–Crippen LogP) is -1.75. The van der Waals surface area contributed by atoms with E-state index >= 15 is 0 Å². The Balaban J connectivity index is 0.00000121. The van der Waals surface area contributed by atoms with Crippen LogP contribution in [-0.2, 0) is 0 Å². The zero-order valence-corrected chi connectivity index (χ0v) is 8.02. The molecule has 0 bridgehead atoms. The molecule has 56 valence electrons. The van der Waals surface area contributed by atoms with Gasteiger partial charge in [-0.25, -0.2) is 0 Å². The Morgan fingerprint density at radius 2 is 1.78 bits per heavy atom. The van der Waals surface area contributed by atoms with Gasteiger partial charge in [-0.1, -0.05) is 0 Å². The average molecular weight is 245 g/mol. The maximum atomic E-state index is 7.33. The number of rotatable bonds is 0. The van der Waals surface area contributed by atoms with E-state index in [1.807, 2.05) is 7.05 Å². The fourth-order valence-electron chi connectivity index (χ4n) is 1.21. The maximum absolute atomic E-state index is 7.33. The van der Waals surface area contributed by atoms with Crippen molar-refractivity contribution < 1.29 is 32.6 Å². The van der Waals surface area contributed by atoms with E-state index in [4.69, 9.17) is 4.11 Å². The van der Waals surface area contributed by atoms with Crippen LogP contribution in [0.25, 0.3) is 0 Å². The number of hydrogen-bond acceptors (Lipinski definition) is 0. The fraction of sp³-hybridized carbons (Fsp3) is 1.00. The SMILES string of the molecule is [2H][13C]([2H])([2H])[N+]1(C)CCCCC1.[I-]. The van der Waals surface area contributed by atoms with Gasteiger partial charge in [-0.2, -0.15) is 0 Å². The highest BCUT2D eigenvalue weighted by atomic mass is 127. The first-order valence-corrected chi connectivity index (χ1v) is 3.30. The van der Waals surface area contributed by atoms with Gasteiger partial charge in [-0.3, -0.25) is 0 Å². The topological polar surface area (TPSA) is 0 Å². The molecule has 0 amide bonds. The molecular formula is C7H16IN. The standard InChI is InChI=1S/C7H16N.HI/c1-8(2)6-4-3-5-7-8;/h3-7H2,1-2H3;1H/q+1;/p-1/i1+1D3;. The highest BCUT2D eigenvalue weighted by Gasteiger charge is 2.17. The number of piperidine rings is 1. The van der Waals surface area contributed by atoms with E-state index in [2.05, 4.69) is 0 Å². The lowest BCUT2D eigenvalue weighted by Gasteiger charge is -2.33. The van der Waals surface area contributed by atoms with Crippen molar-refractivity contribution in [2.24, 2.45) is 0 Å². The second kappa shape index (κ2) is 3.76. The molecule has 1 nitrogen and oxygen atoms in total. The molecule has 0 unspecified atom stereocenters. The van der Waals surface area contributed by atoms with E-state index in [0.717, 1.165) is 25.9 Å². The van der Waals surface area contributed by atoms with Crippen molar-refractivity contribution in [1.82, 2.24) is 0 Å². The number of hydrogen-bond donors (Lipinski definition) is 0. The Hall–Kier alpha value is 0.690. The van der Waals surface area contributed by atoms with Crippen LogP contribution in [0.1, 0.15) is 23.4 Å². The Labute approximate surface area is 79.3 Å². The third-order valence-corrected chi connectivity index (χ3v) is 1.80. The Morgan fingerprint density at radius 3 is 2.11 bits per heavy atom. The minimum Gasteiger partial charge on any atom is -1.00 e. The van der Waals surface area contributed by atoms with Gasteiger partial charge < -0.3 is 28.5 Å². The monoisotopic (exact) mass is 245 g/mol. The number of nitrogens with zero attached hydrogens (tertiary/aromatic N) is 1. The van der Waals surface area contributed by atoms with Crippen molar-refractivity contribution >= 4 is 0 Å². The molecule has 1 aliphatic heterocycles. The molecule has 0 aromatic rings. The fourth-order valence-corrected chi connectivity index (χ4v) is 1.21. The quantitative estimate of drug-likeness (QED) is 0.270. The smallest absolute Gasteiger partial charge is 0.0886 e. The van der Waals surface area contributed by atoms with Crippen LogP contribution in [0.4, 0.5) is 0 Å². The summed E-state index contributed by atoms with van der Waals surface area (Å²) in [6.45, 7) is -0.173. The number of halogens is 1. The molecule has 0 spiro atoms. The van der Waals surface area contributed by atoms with Crippen LogP contribution in [0.3, 0.4) is 0 Å². The molecule has 0 atom stereocenters. The molecule has 0 aromatic heterocycles. The van der Waals surface area contributed by atoms with Gasteiger partial charge in [-0.15, -0.1) is 0 Å². The summed E-state index contributed by atoms with van der Waals surface area (Å²) < 4.78 is 22.3. The molecule has 0 aromatic carbocycles. The molecule has 9 heavy (non-hydrogen) atoms. The molecule has 0 saturated carbocycles. The molecule has 0 N–H and O–H groups in total. The highest BCUT2D eigenvalue weighted by molar-refractivity contribution is 4.47. The van der Waals surface area contributed by atoms with Crippen LogP contribution in [0.2, 0.25) is 0 Å². The van der Waals surface area contributed by atoms with Crippen molar-refractivity contribution in [2.45, 2.75) is 19.3 Å². The summed E-state index contributed by atoms with van der Waals surface area (Å²) in [6.07, 6.45) is 3.33. The molecule has 1 aliphatic rings. The van der Waals surface area contributed by atoms with Gasteiger partial charge >= 0.3 is 0 Å². The molecule has 0 aliphatic carbocycles. The van der Waals surface area contributed by atoms with Crippen molar-refractivity contribution in [3.8, 4) is 0 Å². The minimum absolute atomic E-state index is 0. The van der Waals surface area contributed by atoms with Crippen LogP contribution in [0, 0.1) is 0 Å². The first-order valence-electron chi connectivity index (χ1n) is 4.80. The molecule has 1 saturated heterocycles. The van der Waals surface area contributed by atoms with Crippen molar-refractivity contribution in [2.75, 3.05) is 27.1 Å². The lowest BCUT2D eigenvalue weighted by atomic mass is 10.1. The minimum atomic E-state index is -1.81. The van der Waals surface area contributed by atoms with E-state index in [1.165, 1.54) is 6.42 Å². The highest BCUT2D eigenvalue weighted by Crippen LogP contribution is 2.11. The van der Waals surface area contributed by atoms with Gasteiger partial charge in [0.25, 0.3) is 0 Å².